The van der Waals surface area contributed by atoms with Gasteiger partial charge in [0, 0.05) is 51.7 Å². The summed E-state index contributed by atoms with van der Waals surface area (Å²) in [7, 11) is 3.28. The number of nitrogens with zero attached hydrogens (tertiary/aromatic N) is 3. The molecule has 0 aromatic heterocycles. The predicted molar refractivity (Wildman–Crippen MR) is 98.5 cm³/mol. The molecule has 1 aliphatic heterocycles. The number of hydrogen-bond donors (Lipinski definition) is 2. The Morgan fingerprint density at radius 3 is 2.60 bits per heavy atom. The van der Waals surface area contributed by atoms with Crippen molar-refractivity contribution in [1.29, 1.82) is 0 Å². The zero-order chi connectivity index (χ0) is 18.2. The van der Waals surface area contributed by atoms with Crippen LogP contribution in [0.3, 0.4) is 0 Å². The van der Waals surface area contributed by atoms with Crippen molar-refractivity contribution in [3.63, 3.8) is 0 Å². The molecule has 0 bridgehead atoms. The Balaban J connectivity index is 1.85. The summed E-state index contributed by atoms with van der Waals surface area (Å²) in [6.45, 7) is 2.64. The van der Waals surface area contributed by atoms with Crippen molar-refractivity contribution in [3.8, 4) is 0 Å². The zero-order valence-corrected chi connectivity index (χ0v) is 15.3. The van der Waals surface area contributed by atoms with Crippen molar-refractivity contribution >= 4 is 29.4 Å². The van der Waals surface area contributed by atoms with E-state index in [1.807, 2.05) is 34.1 Å². The van der Waals surface area contributed by atoms with Gasteiger partial charge in [0.1, 0.15) is 0 Å². The highest BCUT2D eigenvalue weighted by molar-refractivity contribution is 6.30. The molecule has 25 heavy (non-hydrogen) atoms. The van der Waals surface area contributed by atoms with Crippen LogP contribution < -0.4 is 10.6 Å². The normalized spacial score (nSPS) is 15.3. The van der Waals surface area contributed by atoms with Gasteiger partial charge in [0.05, 0.1) is 6.54 Å². The van der Waals surface area contributed by atoms with Crippen LogP contribution in [0.1, 0.15) is 12.0 Å². The van der Waals surface area contributed by atoms with Crippen molar-refractivity contribution < 1.29 is 9.59 Å². The van der Waals surface area contributed by atoms with Gasteiger partial charge in [-0.3, -0.25) is 14.6 Å². The molecular formula is C17H24ClN5O2. The minimum atomic E-state index is -0.0354. The summed E-state index contributed by atoms with van der Waals surface area (Å²) in [6, 6.07) is 7.52. The Kier molecular flexibility index (Phi) is 7.06. The van der Waals surface area contributed by atoms with Crippen LogP contribution >= 0.6 is 11.6 Å². The maximum absolute atomic E-state index is 12.4. The number of carbonyl (C=O) groups is 2. The van der Waals surface area contributed by atoms with Crippen molar-refractivity contribution in [2.75, 3.05) is 40.3 Å². The average molecular weight is 366 g/mol. The first-order valence-corrected chi connectivity index (χ1v) is 8.59. The largest absolute Gasteiger partial charge is 0.359 e. The van der Waals surface area contributed by atoms with Crippen LogP contribution in [0.25, 0.3) is 0 Å². The summed E-state index contributed by atoms with van der Waals surface area (Å²) in [5.74, 6) is 0.658. The molecule has 7 nitrogen and oxygen atoms in total. The molecule has 8 heteroatoms. The van der Waals surface area contributed by atoms with Gasteiger partial charge in [-0.2, -0.15) is 0 Å². The first kappa shape index (κ1) is 19.1. The van der Waals surface area contributed by atoms with Gasteiger partial charge in [-0.05, 0) is 17.7 Å². The third-order valence-corrected chi connectivity index (χ3v) is 4.28. The van der Waals surface area contributed by atoms with Crippen LogP contribution in [0, 0.1) is 0 Å². The monoisotopic (exact) mass is 365 g/mol. The highest BCUT2D eigenvalue weighted by atomic mass is 35.5. The molecule has 136 valence electrons. The second-order valence-corrected chi connectivity index (χ2v) is 6.20. The van der Waals surface area contributed by atoms with E-state index < -0.39 is 0 Å². The number of piperazine rings is 1. The summed E-state index contributed by atoms with van der Waals surface area (Å²) in [5.41, 5.74) is 1.05. The topological polar surface area (TPSA) is 77.0 Å². The molecule has 0 saturated carbocycles. The lowest BCUT2D eigenvalue weighted by Gasteiger charge is -2.36. The first-order valence-electron chi connectivity index (χ1n) is 8.22. The van der Waals surface area contributed by atoms with Gasteiger partial charge in [0.15, 0.2) is 5.96 Å². The maximum atomic E-state index is 12.4. The van der Waals surface area contributed by atoms with Crippen molar-refractivity contribution in [2.24, 2.45) is 4.99 Å². The molecule has 1 aromatic carbocycles. The van der Waals surface area contributed by atoms with Crippen LogP contribution in [0.5, 0.6) is 0 Å². The Bertz CT molecular complexity index is 632. The summed E-state index contributed by atoms with van der Waals surface area (Å²) in [5, 5.41) is 6.39. The SMILES string of the molecule is CN=C(NCCC(=O)NC)N1CCN(Cc2ccc(Cl)cc2)C(=O)C1. The molecule has 0 unspecified atom stereocenters. The van der Waals surface area contributed by atoms with Gasteiger partial charge in [0.25, 0.3) is 0 Å². The number of hydrogen-bond acceptors (Lipinski definition) is 3. The fourth-order valence-electron chi connectivity index (χ4n) is 2.61. The van der Waals surface area contributed by atoms with E-state index in [0.717, 1.165) is 5.56 Å². The summed E-state index contributed by atoms with van der Waals surface area (Å²) in [6.07, 6.45) is 0.361. The fourth-order valence-corrected chi connectivity index (χ4v) is 2.74. The molecule has 0 aliphatic carbocycles. The number of guanidine groups is 1. The molecule has 2 rings (SSSR count). The van der Waals surface area contributed by atoms with Crippen LogP contribution in [0.15, 0.2) is 29.3 Å². The summed E-state index contributed by atoms with van der Waals surface area (Å²) in [4.78, 5) is 31.7. The van der Waals surface area contributed by atoms with Gasteiger partial charge in [-0.15, -0.1) is 0 Å². The molecular weight excluding hydrogens is 342 g/mol. The van der Waals surface area contributed by atoms with E-state index in [4.69, 9.17) is 11.6 Å². The van der Waals surface area contributed by atoms with E-state index in [-0.39, 0.29) is 18.4 Å². The van der Waals surface area contributed by atoms with Crippen LogP contribution in [-0.4, -0.2) is 67.8 Å². The molecule has 1 heterocycles. The van der Waals surface area contributed by atoms with Gasteiger partial charge in [-0.25, -0.2) is 0 Å². The standard InChI is InChI=1S/C17H24ClN5O2/c1-19-15(24)7-8-21-17(20-2)23-10-9-22(16(25)12-23)11-13-3-5-14(18)6-4-13/h3-6H,7-12H2,1-2H3,(H,19,24)(H,20,21). The number of nitrogens with one attached hydrogen (secondary N) is 2. The first-order chi connectivity index (χ1) is 12.0. The number of benzene rings is 1. The molecule has 1 fully saturated rings. The van der Waals surface area contributed by atoms with Gasteiger partial charge < -0.3 is 20.4 Å². The van der Waals surface area contributed by atoms with E-state index in [1.54, 1.807) is 14.1 Å². The Labute approximate surface area is 153 Å². The highest BCUT2D eigenvalue weighted by Crippen LogP contribution is 2.13. The van der Waals surface area contributed by atoms with E-state index in [0.29, 0.717) is 43.6 Å². The third kappa shape index (κ3) is 5.63. The Morgan fingerprint density at radius 1 is 1.28 bits per heavy atom. The lowest BCUT2D eigenvalue weighted by Crippen LogP contribution is -2.55. The molecule has 1 saturated heterocycles. The lowest BCUT2D eigenvalue weighted by atomic mass is 10.2. The minimum absolute atomic E-state index is 0.0354. The summed E-state index contributed by atoms with van der Waals surface area (Å²) >= 11 is 5.89. The molecule has 2 N–H and O–H groups in total. The second kappa shape index (κ2) is 9.27. The zero-order valence-electron chi connectivity index (χ0n) is 14.6. The fraction of sp³-hybridized carbons (Fsp3) is 0.471. The molecule has 2 amide bonds. The molecule has 0 atom stereocenters. The third-order valence-electron chi connectivity index (χ3n) is 4.03. The van der Waals surface area contributed by atoms with Gasteiger partial charge in [-0.1, -0.05) is 23.7 Å². The van der Waals surface area contributed by atoms with Gasteiger partial charge >= 0.3 is 0 Å². The van der Waals surface area contributed by atoms with E-state index in [2.05, 4.69) is 15.6 Å². The molecule has 0 spiro atoms. The lowest BCUT2D eigenvalue weighted by molar-refractivity contribution is -0.135. The number of amides is 2. The van der Waals surface area contributed by atoms with Crippen LogP contribution in [0.4, 0.5) is 0 Å². The number of aliphatic imine (C=N–C) groups is 1. The quantitative estimate of drug-likeness (QED) is 0.594. The average Bonchev–Trinajstić information content (AvgIpc) is 2.62. The molecule has 1 aromatic rings. The van der Waals surface area contributed by atoms with E-state index in [9.17, 15) is 9.59 Å². The smallest absolute Gasteiger partial charge is 0.242 e. The maximum Gasteiger partial charge on any atom is 0.242 e. The number of carbonyl (C=O) groups excluding carboxylic acids is 2. The van der Waals surface area contributed by atoms with Crippen LogP contribution in [-0.2, 0) is 16.1 Å². The minimum Gasteiger partial charge on any atom is -0.359 e. The van der Waals surface area contributed by atoms with Gasteiger partial charge in [0.2, 0.25) is 11.8 Å². The van der Waals surface area contributed by atoms with E-state index >= 15 is 0 Å². The Morgan fingerprint density at radius 2 is 2.00 bits per heavy atom. The molecule has 1 aliphatic rings. The number of rotatable bonds is 5. The predicted octanol–water partition coefficient (Wildman–Crippen LogP) is 0.696. The van der Waals surface area contributed by atoms with Crippen LogP contribution in [0.2, 0.25) is 5.02 Å². The van der Waals surface area contributed by atoms with Crippen molar-refractivity contribution in [3.05, 3.63) is 34.9 Å². The highest BCUT2D eigenvalue weighted by Gasteiger charge is 2.25. The van der Waals surface area contributed by atoms with E-state index in [1.165, 1.54) is 0 Å². The van der Waals surface area contributed by atoms with Crippen molar-refractivity contribution in [2.45, 2.75) is 13.0 Å². The van der Waals surface area contributed by atoms with Crippen molar-refractivity contribution in [1.82, 2.24) is 20.4 Å². The second-order valence-electron chi connectivity index (χ2n) is 5.76. The Hall–Kier alpha value is -2.28. The summed E-state index contributed by atoms with van der Waals surface area (Å²) < 4.78 is 0. The number of halogens is 1. The molecule has 0 radical (unpaired) electrons.